The molecule has 1 fully saturated rings. The maximum atomic E-state index is 12.5. The first-order chi connectivity index (χ1) is 11.6. The van der Waals surface area contributed by atoms with Gasteiger partial charge in [0.2, 0.25) is 5.91 Å². The molecule has 1 aliphatic rings. The standard InChI is InChI=1S/C19H17N3O2/c1-13-2-8-16(9-3-13)22-11-10-17(19(22)24)21-18(23)15-6-4-14(12-20)5-7-15/h2-9,17H,10-11H2,1H3,(H,21,23)/t17-/m0/s1. The number of nitrogens with zero attached hydrogens (tertiary/aromatic N) is 2. The second kappa shape index (κ2) is 6.55. The number of amides is 2. The molecule has 0 spiro atoms. The number of anilines is 1. The SMILES string of the molecule is Cc1ccc(N2CC[C@H](NC(=O)c3ccc(C#N)cc3)C2=O)cc1. The second-order valence-electron chi connectivity index (χ2n) is 5.83. The lowest BCUT2D eigenvalue weighted by Crippen LogP contribution is -2.41. The summed E-state index contributed by atoms with van der Waals surface area (Å²) in [4.78, 5) is 26.5. The van der Waals surface area contributed by atoms with Crippen LogP contribution < -0.4 is 10.2 Å². The minimum atomic E-state index is -0.519. The van der Waals surface area contributed by atoms with E-state index in [0.29, 0.717) is 24.1 Å². The Morgan fingerprint density at radius 3 is 2.46 bits per heavy atom. The Kier molecular flexibility index (Phi) is 4.30. The van der Waals surface area contributed by atoms with Gasteiger partial charge in [0, 0.05) is 17.8 Å². The predicted octanol–water partition coefficient (Wildman–Crippen LogP) is 2.40. The summed E-state index contributed by atoms with van der Waals surface area (Å²) in [5.41, 5.74) is 2.92. The molecule has 2 amide bonds. The zero-order valence-corrected chi connectivity index (χ0v) is 13.3. The van der Waals surface area contributed by atoms with E-state index in [1.807, 2.05) is 37.3 Å². The van der Waals surface area contributed by atoms with E-state index in [9.17, 15) is 9.59 Å². The van der Waals surface area contributed by atoms with Gasteiger partial charge in [-0.05, 0) is 49.7 Å². The summed E-state index contributed by atoms with van der Waals surface area (Å²) < 4.78 is 0. The Labute approximate surface area is 140 Å². The molecule has 0 aliphatic carbocycles. The quantitative estimate of drug-likeness (QED) is 0.944. The van der Waals surface area contributed by atoms with Gasteiger partial charge in [-0.2, -0.15) is 5.26 Å². The van der Waals surface area contributed by atoms with Crippen LogP contribution in [0.1, 0.15) is 27.9 Å². The summed E-state index contributed by atoms with van der Waals surface area (Å²) in [6.07, 6.45) is 0.578. The fraction of sp³-hybridized carbons (Fsp3) is 0.211. The number of carbonyl (C=O) groups is 2. The van der Waals surface area contributed by atoms with E-state index < -0.39 is 6.04 Å². The monoisotopic (exact) mass is 319 g/mol. The highest BCUT2D eigenvalue weighted by Crippen LogP contribution is 2.22. The highest BCUT2D eigenvalue weighted by Gasteiger charge is 2.33. The van der Waals surface area contributed by atoms with Crippen molar-refractivity contribution in [2.24, 2.45) is 0 Å². The molecule has 1 aliphatic heterocycles. The Morgan fingerprint density at radius 1 is 1.17 bits per heavy atom. The number of nitrogens with one attached hydrogen (secondary N) is 1. The number of carbonyl (C=O) groups excluding carboxylic acids is 2. The van der Waals surface area contributed by atoms with Gasteiger partial charge in [-0.3, -0.25) is 9.59 Å². The number of hydrogen-bond acceptors (Lipinski definition) is 3. The summed E-state index contributed by atoms with van der Waals surface area (Å²) in [7, 11) is 0. The van der Waals surface area contributed by atoms with E-state index in [0.717, 1.165) is 11.3 Å². The lowest BCUT2D eigenvalue weighted by molar-refractivity contribution is -0.118. The third-order valence-corrected chi connectivity index (χ3v) is 4.13. The summed E-state index contributed by atoms with van der Waals surface area (Å²) in [5.74, 6) is -0.399. The summed E-state index contributed by atoms with van der Waals surface area (Å²) >= 11 is 0. The fourth-order valence-corrected chi connectivity index (χ4v) is 2.73. The molecule has 0 unspecified atom stereocenters. The van der Waals surface area contributed by atoms with Gasteiger partial charge >= 0.3 is 0 Å². The molecule has 1 N–H and O–H groups in total. The fourth-order valence-electron chi connectivity index (χ4n) is 2.73. The van der Waals surface area contributed by atoms with Gasteiger partial charge in [-0.15, -0.1) is 0 Å². The first-order valence-electron chi connectivity index (χ1n) is 7.77. The molecular formula is C19H17N3O2. The zero-order chi connectivity index (χ0) is 17.1. The minimum absolute atomic E-state index is 0.0964. The lowest BCUT2D eigenvalue weighted by Gasteiger charge is -2.17. The predicted molar refractivity (Wildman–Crippen MR) is 90.6 cm³/mol. The molecule has 3 rings (SSSR count). The largest absolute Gasteiger partial charge is 0.340 e. The van der Waals surface area contributed by atoms with Crippen LogP contribution in [0.25, 0.3) is 0 Å². The number of rotatable bonds is 3. The smallest absolute Gasteiger partial charge is 0.251 e. The van der Waals surface area contributed by atoms with Gasteiger partial charge in [-0.1, -0.05) is 17.7 Å². The van der Waals surface area contributed by atoms with E-state index >= 15 is 0 Å². The van der Waals surface area contributed by atoms with Crippen LogP contribution in [0.4, 0.5) is 5.69 Å². The van der Waals surface area contributed by atoms with Crippen molar-refractivity contribution < 1.29 is 9.59 Å². The van der Waals surface area contributed by atoms with Crippen molar-refractivity contribution in [3.63, 3.8) is 0 Å². The normalized spacial score (nSPS) is 16.8. The van der Waals surface area contributed by atoms with Crippen molar-refractivity contribution in [3.05, 3.63) is 65.2 Å². The maximum absolute atomic E-state index is 12.5. The summed E-state index contributed by atoms with van der Waals surface area (Å²) in [6, 6.07) is 15.6. The first kappa shape index (κ1) is 15.8. The molecule has 1 atom stereocenters. The van der Waals surface area contributed by atoms with E-state index in [1.165, 1.54) is 0 Å². The van der Waals surface area contributed by atoms with Crippen molar-refractivity contribution >= 4 is 17.5 Å². The Bertz CT molecular complexity index is 804. The Balaban J connectivity index is 1.68. The van der Waals surface area contributed by atoms with Gasteiger partial charge in [-0.25, -0.2) is 0 Å². The number of nitriles is 1. The Hall–Kier alpha value is -3.13. The molecule has 24 heavy (non-hydrogen) atoms. The molecule has 0 bridgehead atoms. The van der Waals surface area contributed by atoms with E-state index in [1.54, 1.807) is 29.2 Å². The maximum Gasteiger partial charge on any atom is 0.251 e. The van der Waals surface area contributed by atoms with Gasteiger partial charge in [0.1, 0.15) is 6.04 Å². The van der Waals surface area contributed by atoms with Gasteiger partial charge in [0.25, 0.3) is 5.91 Å². The third-order valence-electron chi connectivity index (χ3n) is 4.13. The molecule has 2 aromatic rings. The highest BCUT2D eigenvalue weighted by molar-refractivity contribution is 6.03. The first-order valence-corrected chi connectivity index (χ1v) is 7.77. The minimum Gasteiger partial charge on any atom is -0.340 e. The third kappa shape index (κ3) is 3.13. The van der Waals surface area contributed by atoms with Crippen LogP contribution in [-0.2, 0) is 4.79 Å². The zero-order valence-electron chi connectivity index (χ0n) is 13.3. The summed E-state index contributed by atoms with van der Waals surface area (Å²) in [5, 5.41) is 11.6. The summed E-state index contributed by atoms with van der Waals surface area (Å²) in [6.45, 7) is 2.58. The van der Waals surface area contributed by atoms with Crippen LogP contribution in [0.2, 0.25) is 0 Å². The van der Waals surface area contributed by atoms with Gasteiger partial charge in [0.05, 0.1) is 11.6 Å². The van der Waals surface area contributed by atoms with Gasteiger partial charge < -0.3 is 10.2 Å². The van der Waals surface area contributed by atoms with E-state index in [2.05, 4.69) is 5.32 Å². The lowest BCUT2D eigenvalue weighted by atomic mass is 10.1. The molecule has 0 saturated carbocycles. The average Bonchev–Trinajstić information content (AvgIpc) is 2.96. The number of hydrogen-bond donors (Lipinski definition) is 1. The number of aryl methyl sites for hydroxylation is 1. The topological polar surface area (TPSA) is 73.2 Å². The van der Waals surface area contributed by atoms with Crippen molar-refractivity contribution in [3.8, 4) is 6.07 Å². The van der Waals surface area contributed by atoms with Gasteiger partial charge in [0.15, 0.2) is 0 Å². The van der Waals surface area contributed by atoms with Crippen LogP contribution in [0, 0.1) is 18.3 Å². The molecule has 0 radical (unpaired) electrons. The van der Waals surface area contributed by atoms with E-state index in [4.69, 9.17) is 5.26 Å². The van der Waals surface area contributed by atoms with Crippen LogP contribution in [0.15, 0.2) is 48.5 Å². The average molecular weight is 319 g/mol. The number of benzene rings is 2. The van der Waals surface area contributed by atoms with Crippen LogP contribution in [0.3, 0.4) is 0 Å². The molecule has 1 heterocycles. The van der Waals surface area contributed by atoms with Crippen molar-refractivity contribution in [1.82, 2.24) is 5.32 Å². The molecule has 0 aromatic heterocycles. The molecule has 1 saturated heterocycles. The highest BCUT2D eigenvalue weighted by atomic mass is 16.2. The van der Waals surface area contributed by atoms with Crippen LogP contribution in [-0.4, -0.2) is 24.4 Å². The van der Waals surface area contributed by atoms with Crippen molar-refractivity contribution in [2.75, 3.05) is 11.4 Å². The van der Waals surface area contributed by atoms with Crippen LogP contribution in [0.5, 0.6) is 0 Å². The molecule has 5 heteroatoms. The molecule has 120 valence electrons. The molecule has 5 nitrogen and oxygen atoms in total. The molecule has 2 aromatic carbocycles. The van der Waals surface area contributed by atoms with E-state index in [-0.39, 0.29) is 11.8 Å². The van der Waals surface area contributed by atoms with Crippen molar-refractivity contribution in [2.45, 2.75) is 19.4 Å². The Morgan fingerprint density at radius 2 is 1.83 bits per heavy atom. The van der Waals surface area contributed by atoms with Crippen LogP contribution >= 0.6 is 0 Å². The molecular weight excluding hydrogens is 302 g/mol. The second-order valence-corrected chi connectivity index (χ2v) is 5.83. The van der Waals surface area contributed by atoms with Crippen molar-refractivity contribution in [1.29, 1.82) is 5.26 Å².